The van der Waals surface area contributed by atoms with Crippen LogP contribution in [0.3, 0.4) is 0 Å². The Kier molecular flexibility index (Phi) is 6.96. The van der Waals surface area contributed by atoms with Crippen molar-refractivity contribution >= 4 is 58.7 Å². The molecular formula is C18H13Cl2F4N7O. The number of carbonyl (C=O) groups is 1. The normalized spacial score (nSPS) is 14.2. The number of benzene rings is 1. The molecular weight excluding hydrogens is 477 g/mol. The van der Waals surface area contributed by atoms with Gasteiger partial charge in [0.15, 0.2) is 5.82 Å². The molecule has 0 atom stereocenters. The third-order valence-electron chi connectivity index (χ3n) is 3.94. The fourth-order valence-electron chi connectivity index (χ4n) is 2.54. The highest BCUT2D eigenvalue weighted by molar-refractivity contribution is 6.33. The van der Waals surface area contributed by atoms with Gasteiger partial charge in [0, 0.05) is 12.4 Å². The molecule has 1 aliphatic heterocycles. The number of hydrazine groups is 1. The second-order valence-corrected chi connectivity index (χ2v) is 6.95. The fourth-order valence-corrected chi connectivity index (χ4v) is 3.00. The monoisotopic (exact) mass is 489 g/mol. The number of pyridine rings is 1. The van der Waals surface area contributed by atoms with E-state index < -0.39 is 29.2 Å². The molecule has 0 saturated heterocycles. The highest BCUT2D eigenvalue weighted by Crippen LogP contribution is 2.33. The lowest BCUT2D eigenvalue weighted by Gasteiger charge is -2.18. The molecule has 0 unspecified atom stereocenters. The Hall–Kier alpha value is -3.22. The summed E-state index contributed by atoms with van der Waals surface area (Å²) in [6.07, 6.45) is -2.11. The first-order valence-electron chi connectivity index (χ1n) is 8.67. The van der Waals surface area contributed by atoms with Crippen molar-refractivity contribution in [1.82, 2.24) is 10.4 Å². The quantitative estimate of drug-likeness (QED) is 0.274. The molecule has 3 rings (SSSR count). The summed E-state index contributed by atoms with van der Waals surface area (Å²) in [5.41, 5.74) is -0.107. The van der Waals surface area contributed by atoms with Gasteiger partial charge in [0.2, 0.25) is 0 Å². The summed E-state index contributed by atoms with van der Waals surface area (Å²) in [5, 5.41) is 16.5. The number of allylic oxidation sites excluding steroid dienone is 1. The number of anilines is 3. The molecule has 32 heavy (non-hydrogen) atoms. The minimum absolute atomic E-state index is 0.0207. The summed E-state index contributed by atoms with van der Waals surface area (Å²) in [4.78, 5) is 16.6. The number of hydrogen-bond acceptors (Lipinski definition) is 7. The molecule has 0 radical (unpaired) electrons. The second kappa shape index (κ2) is 9.51. The van der Waals surface area contributed by atoms with E-state index >= 15 is 0 Å². The maximum Gasteiger partial charge on any atom is 0.432 e. The number of rotatable bonds is 6. The molecule has 8 nitrogen and oxygen atoms in total. The molecule has 1 amide bonds. The van der Waals surface area contributed by atoms with Gasteiger partial charge in [-0.25, -0.2) is 14.8 Å². The molecule has 2 aromatic rings. The molecule has 1 aliphatic rings. The second-order valence-electron chi connectivity index (χ2n) is 6.14. The number of nitrogens with one attached hydrogen (secondary N) is 4. The van der Waals surface area contributed by atoms with Gasteiger partial charge < -0.3 is 16.0 Å². The zero-order valence-corrected chi connectivity index (χ0v) is 17.3. The molecule has 1 aromatic carbocycles. The number of hydrazone groups is 1. The summed E-state index contributed by atoms with van der Waals surface area (Å²) >= 11 is 11.9. The van der Waals surface area contributed by atoms with Crippen molar-refractivity contribution in [3.63, 3.8) is 0 Å². The topological polar surface area (TPSA) is 106 Å². The van der Waals surface area contributed by atoms with Gasteiger partial charge in [0.1, 0.15) is 11.5 Å². The van der Waals surface area contributed by atoms with E-state index in [2.05, 4.69) is 20.8 Å². The van der Waals surface area contributed by atoms with Gasteiger partial charge in [-0.05, 0) is 24.3 Å². The molecule has 4 N–H and O–H groups in total. The predicted octanol–water partition coefficient (Wildman–Crippen LogP) is 4.35. The Labute approximate surface area is 188 Å². The minimum Gasteiger partial charge on any atom is -0.350 e. The Balaban J connectivity index is 1.90. The number of aromatic nitrogens is 1. The van der Waals surface area contributed by atoms with Crippen molar-refractivity contribution in [2.75, 3.05) is 22.3 Å². The first-order valence-corrected chi connectivity index (χ1v) is 9.42. The number of amides is 1. The summed E-state index contributed by atoms with van der Waals surface area (Å²) < 4.78 is 54.2. The molecule has 0 fully saturated rings. The van der Waals surface area contributed by atoms with Gasteiger partial charge in [-0.3, -0.25) is 4.79 Å². The van der Waals surface area contributed by atoms with Gasteiger partial charge in [-0.15, -0.1) is 0 Å². The zero-order valence-electron chi connectivity index (χ0n) is 15.8. The summed E-state index contributed by atoms with van der Waals surface area (Å²) in [7, 11) is 0. The van der Waals surface area contributed by atoms with Gasteiger partial charge >= 0.3 is 6.18 Å². The minimum atomic E-state index is -5.07. The van der Waals surface area contributed by atoms with Crippen LogP contribution in [-0.4, -0.2) is 36.0 Å². The average molecular weight is 490 g/mol. The van der Waals surface area contributed by atoms with Crippen LogP contribution in [0.5, 0.6) is 0 Å². The first kappa shape index (κ1) is 23.4. The summed E-state index contributed by atoms with van der Waals surface area (Å²) in [5.74, 6) is -1.81. The molecule has 0 saturated carbocycles. The number of halogens is 6. The van der Waals surface area contributed by atoms with Gasteiger partial charge in [-0.1, -0.05) is 23.2 Å². The lowest BCUT2D eigenvalue weighted by Crippen LogP contribution is -2.29. The Morgan fingerprint density at radius 1 is 1.22 bits per heavy atom. The highest BCUT2D eigenvalue weighted by atomic mass is 35.5. The lowest BCUT2D eigenvalue weighted by atomic mass is 10.1. The van der Waals surface area contributed by atoms with Crippen LogP contribution in [0.2, 0.25) is 10.0 Å². The van der Waals surface area contributed by atoms with E-state index in [0.29, 0.717) is 6.54 Å². The van der Waals surface area contributed by atoms with E-state index in [1.807, 2.05) is 5.32 Å². The molecule has 0 bridgehead atoms. The SMILES string of the molecule is N=C/C(C(=O)Nc1cnc(N2N=CCN2)c(Cl)c1)=C(\Nc1ccc(F)cc1Cl)C(F)(F)F. The summed E-state index contributed by atoms with van der Waals surface area (Å²) in [6, 6.07) is 3.92. The third kappa shape index (κ3) is 5.33. The molecule has 14 heteroatoms. The molecule has 1 aromatic heterocycles. The van der Waals surface area contributed by atoms with E-state index in [1.54, 1.807) is 6.21 Å². The van der Waals surface area contributed by atoms with Crippen LogP contribution in [0.25, 0.3) is 0 Å². The lowest BCUT2D eigenvalue weighted by molar-refractivity contribution is -0.114. The van der Waals surface area contributed by atoms with Crippen molar-refractivity contribution in [2.45, 2.75) is 6.18 Å². The number of alkyl halides is 3. The third-order valence-corrected chi connectivity index (χ3v) is 4.53. The molecule has 0 spiro atoms. The number of hydrogen-bond donors (Lipinski definition) is 4. The summed E-state index contributed by atoms with van der Waals surface area (Å²) in [6.45, 7) is 0.454. The van der Waals surface area contributed by atoms with E-state index in [4.69, 9.17) is 28.6 Å². The fraction of sp³-hybridized carbons (Fsp3) is 0.111. The highest BCUT2D eigenvalue weighted by Gasteiger charge is 2.38. The van der Waals surface area contributed by atoms with E-state index in [9.17, 15) is 22.4 Å². The van der Waals surface area contributed by atoms with Crippen molar-refractivity contribution in [2.24, 2.45) is 5.10 Å². The number of nitrogens with zero attached hydrogens (tertiary/aromatic N) is 3. The Bertz CT molecular complexity index is 1120. The van der Waals surface area contributed by atoms with Gasteiger partial charge in [0.25, 0.3) is 5.91 Å². The van der Waals surface area contributed by atoms with Crippen molar-refractivity contribution < 1.29 is 22.4 Å². The maximum absolute atomic E-state index is 13.7. The van der Waals surface area contributed by atoms with Gasteiger partial charge in [-0.2, -0.15) is 23.4 Å². The first-order chi connectivity index (χ1) is 15.1. The van der Waals surface area contributed by atoms with Crippen LogP contribution < -0.4 is 21.2 Å². The average Bonchev–Trinajstić information content (AvgIpc) is 3.23. The smallest absolute Gasteiger partial charge is 0.350 e. The maximum atomic E-state index is 13.7. The predicted molar refractivity (Wildman–Crippen MR) is 114 cm³/mol. The van der Waals surface area contributed by atoms with E-state index in [0.717, 1.165) is 24.4 Å². The molecule has 0 aliphatic carbocycles. The van der Waals surface area contributed by atoms with E-state index in [-0.39, 0.29) is 33.5 Å². The van der Waals surface area contributed by atoms with Crippen LogP contribution in [0.1, 0.15) is 0 Å². The van der Waals surface area contributed by atoms with E-state index in [1.165, 1.54) is 11.2 Å². The van der Waals surface area contributed by atoms with Crippen LogP contribution in [0.15, 0.2) is 46.8 Å². The largest absolute Gasteiger partial charge is 0.432 e. The van der Waals surface area contributed by atoms with Gasteiger partial charge in [0.05, 0.1) is 39.7 Å². The van der Waals surface area contributed by atoms with Crippen molar-refractivity contribution in [3.8, 4) is 0 Å². The van der Waals surface area contributed by atoms with Crippen LogP contribution in [-0.2, 0) is 4.79 Å². The van der Waals surface area contributed by atoms with Crippen molar-refractivity contribution in [1.29, 1.82) is 5.41 Å². The van der Waals surface area contributed by atoms with Crippen LogP contribution in [0.4, 0.5) is 34.8 Å². The van der Waals surface area contributed by atoms with Crippen LogP contribution in [0, 0.1) is 11.2 Å². The molecule has 2 heterocycles. The van der Waals surface area contributed by atoms with Crippen molar-refractivity contribution in [3.05, 3.63) is 57.6 Å². The standard InChI is InChI=1S/C18H13Cl2F4N7O/c19-12-5-9(21)1-2-14(12)30-15(18(22,23)24)11(7-25)17(32)29-10-6-13(20)16(26-8-10)31-27-3-4-28-31/h1-3,5-8,25,28,30H,4H2,(H,29,32)/b15-11+,25-7?. The van der Waals surface area contributed by atoms with Crippen LogP contribution >= 0.6 is 23.2 Å². The number of carbonyl (C=O) groups excluding carboxylic acids is 1. The Morgan fingerprint density at radius 2 is 1.97 bits per heavy atom. The Morgan fingerprint density at radius 3 is 2.53 bits per heavy atom. The zero-order chi connectivity index (χ0) is 23.5. The molecule has 168 valence electrons.